The van der Waals surface area contributed by atoms with Crippen LogP contribution in [0, 0.1) is 5.92 Å². The zero-order chi connectivity index (χ0) is 14.8. The lowest BCUT2D eigenvalue weighted by Crippen LogP contribution is -2.25. The Bertz CT molecular complexity index is 729. The van der Waals surface area contributed by atoms with E-state index in [4.69, 9.17) is 0 Å². The number of fused-ring (bicyclic) bond motifs is 1. The van der Waals surface area contributed by atoms with E-state index in [-0.39, 0.29) is 0 Å². The largest absolute Gasteiger partial charge is 0.305 e. The molecule has 0 aliphatic carbocycles. The van der Waals surface area contributed by atoms with Crippen molar-refractivity contribution in [3.63, 3.8) is 0 Å². The van der Waals surface area contributed by atoms with Gasteiger partial charge >= 0.3 is 0 Å². The molecule has 4 nitrogen and oxygen atoms in total. The zero-order valence-electron chi connectivity index (χ0n) is 12.6. The highest BCUT2D eigenvalue weighted by molar-refractivity contribution is 7.17. The van der Waals surface area contributed by atoms with E-state index in [0.29, 0.717) is 12.0 Å². The fourth-order valence-electron chi connectivity index (χ4n) is 2.55. The van der Waals surface area contributed by atoms with Crippen molar-refractivity contribution in [2.75, 3.05) is 0 Å². The fourth-order valence-corrected chi connectivity index (χ4v) is 3.36. The number of hydrogen-bond acceptors (Lipinski definition) is 4. The summed E-state index contributed by atoms with van der Waals surface area (Å²) in [6.45, 7) is 5.27. The van der Waals surface area contributed by atoms with Crippen LogP contribution in [-0.2, 0) is 13.6 Å². The van der Waals surface area contributed by atoms with Crippen LogP contribution in [0.15, 0.2) is 36.1 Å². The van der Waals surface area contributed by atoms with Crippen LogP contribution in [0.3, 0.4) is 0 Å². The van der Waals surface area contributed by atoms with E-state index in [1.807, 2.05) is 24.1 Å². The van der Waals surface area contributed by atoms with E-state index in [1.54, 1.807) is 11.3 Å². The summed E-state index contributed by atoms with van der Waals surface area (Å²) < 4.78 is 3.10. The normalized spacial score (nSPS) is 13.1. The molecule has 0 spiro atoms. The Morgan fingerprint density at radius 2 is 2.19 bits per heavy atom. The first-order chi connectivity index (χ1) is 10.1. The molecule has 0 aliphatic rings. The van der Waals surface area contributed by atoms with Gasteiger partial charge in [-0.15, -0.1) is 11.3 Å². The molecular formula is C16H20N4S. The van der Waals surface area contributed by atoms with Crippen LogP contribution in [0.2, 0.25) is 0 Å². The monoisotopic (exact) mass is 300 g/mol. The van der Waals surface area contributed by atoms with Gasteiger partial charge in [0.05, 0.1) is 16.4 Å². The number of aryl methyl sites for hydroxylation is 1. The van der Waals surface area contributed by atoms with Gasteiger partial charge in [0, 0.05) is 37.6 Å². The first-order valence-corrected chi connectivity index (χ1v) is 8.05. The molecule has 0 fully saturated rings. The van der Waals surface area contributed by atoms with Gasteiger partial charge in [-0.05, 0) is 29.0 Å². The Hall–Kier alpha value is -1.72. The molecule has 0 bridgehead atoms. The van der Waals surface area contributed by atoms with E-state index in [0.717, 1.165) is 12.1 Å². The smallest absolute Gasteiger partial charge is 0.0809 e. The predicted molar refractivity (Wildman–Crippen MR) is 87.2 cm³/mol. The summed E-state index contributed by atoms with van der Waals surface area (Å²) in [5, 5.41) is 9.99. The van der Waals surface area contributed by atoms with E-state index in [9.17, 15) is 0 Å². The fraction of sp³-hybridized carbons (Fsp3) is 0.375. The van der Waals surface area contributed by atoms with Crippen LogP contribution in [0.4, 0.5) is 0 Å². The van der Waals surface area contributed by atoms with Gasteiger partial charge in [-0.2, -0.15) is 5.10 Å². The summed E-state index contributed by atoms with van der Waals surface area (Å²) in [5.41, 5.74) is 3.54. The van der Waals surface area contributed by atoms with Crippen molar-refractivity contribution in [2.45, 2.75) is 26.4 Å². The van der Waals surface area contributed by atoms with Crippen LogP contribution in [0.1, 0.15) is 31.0 Å². The predicted octanol–water partition coefficient (Wildman–Crippen LogP) is 3.52. The molecule has 0 saturated carbocycles. The number of aromatic nitrogens is 3. The topological polar surface area (TPSA) is 42.7 Å². The molecule has 3 aromatic heterocycles. The third-order valence-corrected chi connectivity index (χ3v) is 4.49. The molecule has 0 radical (unpaired) electrons. The van der Waals surface area contributed by atoms with Crippen LogP contribution >= 0.6 is 11.3 Å². The van der Waals surface area contributed by atoms with Crippen LogP contribution < -0.4 is 5.32 Å². The average molecular weight is 300 g/mol. The highest BCUT2D eigenvalue weighted by Gasteiger charge is 2.16. The van der Waals surface area contributed by atoms with Gasteiger partial charge in [-0.25, -0.2) is 0 Å². The first-order valence-electron chi connectivity index (χ1n) is 7.17. The van der Waals surface area contributed by atoms with Gasteiger partial charge in [0.1, 0.15) is 0 Å². The van der Waals surface area contributed by atoms with Crippen molar-refractivity contribution in [2.24, 2.45) is 13.0 Å². The minimum absolute atomic E-state index is 0.303. The van der Waals surface area contributed by atoms with Gasteiger partial charge in [0.25, 0.3) is 0 Å². The molecule has 0 amide bonds. The molecule has 3 aromatic rings. The van der Waals surface area contributed by atoms with Gasteiger partial charge in [-0.1, -0.05) is 13.8 Å². The lowest BCUT2D eigenvalue weighted by atomic mass is 9.98. The average Bonchev–Trinajstić information content (AvgIpc) is 3.07. The summed E-state index contributed by atoms with van der Waals surface area (Å²) in [7, 11) is 1.95. The molecule has 0 aromatic carbocycles. The Balaban J connectivity index is 1.74. The highest BCUT2D eigenvalue weighted by atomic mass is 32.1. The van der Waals surface area contributed by atoms with Crippen LogP contribution in [0.25, 0.3) is 10.2 Å². The van der Waals surface area contributed by atoms with Gasteiger partial charge in [0.2, 0.25) is 0 Å². The van der Waals surface area contributed by atoms with Crippen molar-refractivity contribution < 1.29 is 0 Å². The Kier molecular flexibility index (Phi) is 4.03. The molecule has 0 aliphatic heterocycles. The van der Waals surface area contributed by atoms with Gasteiger partial charge in [-0.3, -0.25) is 9.67 Å². The number of hydrogen-bond donors (Lipinski definition) is 1. The second-order valence-electron chi connectivity index (χ2n) is 5.70. The molecule has 3 heterocycles. The summed E-state index contributed by atoms with van der Waals surface area (Å²) in [4.78, 5) is 4.49. The van der Waals surface area contributed by atoms with Crippen molar-refractivity contribution in [1.82, 2.24) is 20.1 Å². The molecular weight excluding hydrogens is 280 g/mol. The number of pyridine rings is 1. The maximum absolute atomic E-state index is 4.49. The van der Waals surface area contributed by atoms with Crippen molar-refractivity contribution in [1.29, 1.82) is 0 Å². The number of thiophene rings is 1. The lowest BCUT2D eigenvalue weighted by Gasteiger charge is -2.21. The van der Waals surface area contributed by atoms with Crippen molar-refractivity contribution in [3.05, 3.63) is 47.2 Å². The highest BCUT2D eigenvalue weighted by Crippen LogP contribution is 2.23. The van der Waals surface area contributed by atoms with Crippen LogP contribution in [0.5, 0.6) is 0 Å². The van der Waals surface area contributed by atoms with Gasteiger partial charge in [0.15, 0.2) is 0 Å². The molecule has 21 heavy (non-hydrogen) atoms. The summed E-state index contributed by atoms with van der Waals surface area (Å²) in [5.74, 6) is 0.507. The van der Waals surface area contributed by atoms with E-state index in [1.165, 1.54) is 15.8 Å². The maximum Gasteiger partial charge on any atom is 0.0809 e. The molecule has 1 unspecified atom stereocenters. The molecule has 5 heteroatoms. The number of nitrogens with one attached hydrogen (secondary N) is 1. The molecule has 1 atom stereocenters. The third-order valence-electron chi connectivity index (χ3n) is 3.64. The molecule has 1 N–H and O–H groups in total. The lowest BCUT2D eigenvalue weighted by molar-refractivity contribution is 0.410. The molecule has 3 rings (SSSR count). The summed E-state index contributed by atoms with van der Waals surface area (Å²) in [6.07, 6.45) is 5.99. The van der Waals surface area contributed by atoms with Crippen molar-refractivity contribution in [3.8, 4) is 0 Å². The zero-order valence-corrected chi connectivity index (χ0v) is 13.4. The number of nitrogens with zero attached hydrogens (tertiary/aromatic N) is 3. The Morgan fingerprint density at radius 3 is 2.90 bits per heavy atom. The SMILES string of the molecule is CC(C)C(NCc1cnc2ccsc2c1)c1cnn(C)c1. The second kappa shape index (κ2) is 5.95. The van der Waals surface area contributed by atoms with E-state index >= 15 is 0 Å². The molecule has 110 valence electrons. The van der Waals surface area contributed by atoms with E-state index in [2.05, 4.69) is 53.0 Å². The third kappa shape index (κ3) is 3.14. The Labute approximate surface area is 128 Å². The minimum Gasteiger partial charge on any atom is -0.305 e. The summed E-state index contributed by atoms with van der Waals surface area (Å²) in [6, 6.07) is 4.59. The Morgan fingerprint density at radius 1 is 1.33 bits per heavy atom. The maximum atomic E-state index is 4.49. The second-order valence-corrected chi connectivity index (χ2v) is 6.65. The molecule has 0 saturated heterocycles. The quantitative estimate of drug-likeness (QED) is 0.784. The van der Waals surface area contributed by atoms with Crippen LogP contribution in [-0.4, -0.2) is 14.8 Å². The number of rotatable bonds is 5. The van der Waals surface area contributed by atoms with Crippen molar-refractivity contribution >= 4 is 21.6 Å². The van der Waals surface area contributed by atoms with E-state index < -0.39 is 0 Å². The van der Waals surface area contributed by atoms with Gasteiger partial charge < -0.3 is 5.32 Å². The standard InChI is InChI=1S/C16H20N4S/c1-11(2)16(13-9-19-20(3)10-13)18-8-12-6-15-14(17-7-12)4-5-21-15/h4-7,9-11,16,18H,8H2,1-3H3. The summed E-state index contributed by atoms with van der Waals surface area (Å²) >= 11 is 1.74. The minimum atomic E-state index is 0.303. The first kappa shape index (κ1) is 14.2.